The number of carbonyl (C=O) groups excluding carboxylic acids is 1. The van der Waals surface area contributed by atoms with Crippen LogP contribution in [-0.2, 0) is 17.9 Å². The van der Waals surface area contributed by atoms with Crippen LogP contribution in [0.4, 0.5) is 0 Å². The number of furan rings is 1. The van der Waals surface area contributed by atoms with Crippen LogP contribution in [0.2, 0.25) is 0 Å². The summed E-state index contributed by atoms with van der Waals surface area (Å²) in [5, 5.41) is 0. The Kier molecular flexibility index (Phi) is 5.86. The molecule has 1 heterocycles. The molecular weight excluding hydrogens is 332 g/mol. The van der Waals surface area contributed by atoms with E-state index in [9.17, 15) is 4.79 Å². The molecule has 0 radical (unpaired) electrons. The van der Waals surface area contributed by atoms with Crippen molar-refractivity contribution in [2.75, 3.05) is 19.8 Å². The second-order valence-corrected chi connectivity index (χ2v) is 7.67. The fourth-order valence-corrected chi connectivity index (χ4v) is 3.37. The van der Waals surface area contributed by atoms with Crippen LogP contribution in [-0.4, -0.2) is 41.6 Å². The van der Waals surface area contributed by atoms with Gasteiger partial charge in [-0.2, -0.15) is 0 Å². The largest absolute Gasteiger partial charge is 0.464 e. The molecular formula is C20H26N2O2S. The Labute approximate surface area is 154 Å². The Morgan fingerprint density at radius 3 is 2.44 bits per heavy atom. The maximum atomic E-state index is 12.8. The lowest BCUT2D eigenvalue weighted by atomic mass is 10.2. The van der Waals surface area contributed by atoms with E-state index in [1.54, 1.807) is 11.8 Å². The Hall–Kier alpha value is -1.72. The maximum absolute atomic E-state index is 12.8. The van der Waals surface area contributed by atoms with Crippen molar-refractivity contribution in [3.8, 4) is 0 Å². The summed E-state index contributed by atoms with van der Waals surface area (Å²) in [6.45, 7) is 3.72. The zero-order chi connectivity index (χ0) is 17.8. The van der Waals surface area contributed by atoms with Crippen LogP contribution in [0.25, 0.3) is 0 Å². The third-order valence-electron chi connectivity index (χ3n) is 4.45. The summed E-state index contributed by atoms with van der Waals surface area (Å²) in [5.74, 6) is 1.94. The number of hydrogen-bond acceptors (Lipinski definition) is 4. The van der Waals surface area contributed by atoms with E-state index in [0.717, 1.165) is 30.9 Å². The molecule has 1 fully saturated rings. The highest BCUT2D eigenvalue weighted by Crippen LogP contribution is 2.29. The molecule has 4 nitrogen and oxygen atoms in total. The first-order valence-corrected chi connectivity index (χ1v) is 9.94. The fraction of sp³-hybridized carbons (Fsp3) is 0.450. The number of thioether (sulfide) groups is 1. The number of amides is 1. The molecule has 0 spiro atoms. The van der Waals surface area contributed by atoms with Crippen molar-refractivity contribution in [2.24, 2.45) is 0 Å². The molecule has 2 aromatic rings. The summed E-state index contributed by atoms with van der Waals surface area (Å²) in [7, 11) is 2.00. The average Bonchev–Trinajstić information content (AvgIpc) is 3.35. The minimum Gasteiger partial charge on any atom is -0.464 e. The topological polar surface area (TPSA) is 36.7 Å². The molecule has 1 aromatic heterocycles. The van der Waals surface area contributed by atoms with Gasteiger partial charge in [0.2, 0.25) is 5.91 Å². The molecule has 1 aromatic carbocycles. The Bertz CT molecular complexity index is 707. The molecule has 3 rings (SSSR count). The molecule has 0 bridgehead atoms. The summed E-state index contributed by atoms with van der Waals surface area (Å²) >= 11 is 1.74. The van der Waals surface area contributed by atoms with Gasteiger partial charge in [0.25, 0.3) is 0 Å². The van der Waals surface area contributed by atoms with E-state index < -0.39 is 0 Å². The van der Waals surface area contributed by atoms with Crippen molar-refractivity contribution in [1.29, 1.82) is 0 Å². The maximum Gasteiger partial charge on any atom is 0.237 e. The minimum absolute atomic E-state index is 0.180. The normalized spacial score (nSPS) is 14.1. The van der Waals surface area contributed by atoms with Crippen LogP contribution in [0.3, 0.4) is 0 Å². The van der Waals surface area contributed by atoms with Crippen LogP contribution in [0.15, 0.2) is 45.7 Å². The number of benzene rings is 1. The van der Waals surface area contributed by atoms with E-state index in [1.807, 2.05) is 31.0 Å². The lowest BCUT2D eigenvalue weighted by Gasteiger charge is -2.25. The first kappa shape index (κ1) is 18.1. The monoisotopic (exact) mass is 358 g/mol. The minimum atomic E-state index is 0.180. The molecule has 1 aliphatic rings. The number of nitrogens with zero attached hydrogens (tertiary/aromatic N) is 2. The van der Waals surface area contributed by atoms with E-state index >= 15 is 0 Å². The number of aryl methyl sites for hydroxylation is 1. The fourth-order valence-electron chi connectivity index (χ4n) is 2.97. The van der Waals surface area contributed by atoms with Crippen LogP contribution in [0.5, 0.6) is 0 Å². The van der Waals surface area contributed by atoms with Crippen LogP contribution in [0.1, 0.15) is 29.9 Å². The molecule has 1 saturated carbocycles. The zero-order valence-corrected chi connectivity index (χ0v) is 16.0. The quantitative estimate of drug-likeness (QED) is 0.670. The first-order valence-electron chi connectivity index (χ1n) is 8.71. The van der Waals surface area contributed by atoms with Crippen molar-refractivity contribution in [3.63, 3.8) is 0 Å². The SMILES string of the molecule is CSc1ccc(CN(C)CC(=O)N(Cc2ccc(C)o2)C2CC2)cc1. The average molecular weight is 359 g/mol. The van der Waals surface area contributed by atoms with Gasteiger partial charge in [-0.05, 0) is 62.9 Å². The number of rotatable bonds is 8. The van der Waals surface area contributed by atoms with Crippen molar-refractivity contribution >= 4 is 17.7 Å². The van der Waals surface area contributed by atoms with E-state index in [4.69, 9.17) is 4.42 Å². The predicted molar refractivity (Wildman–Crippen MR) is 102 cm³/mol. The van der Waals surface area contributed by atoms with Gasteiger partial charge in [-0.15, -0.1) is 11.8 Å². The molecule has 0 atom stereocenters. The second-order valence-electron chi connectivity index (χ2n) is 6.79. The Balaban J connectivity index is 1.56. The molecule has 25 heavy (non-hydrogen) atoms. The van der Waals surface area contributed by atoms with E-state index in [-0.39, 0.29) is 5.91 Å². The van der Waals surface area contributed by atoms with Crippen molar-refractivity contribution in [2.45, 2.75) is 43.8 Å². The van der Waals surface area contributed by atoms with Gasteiger partial charge in [0.05, 0.1) is 13.1 Å². The summed E-state index contributed by atoms with van der Waals surface area (Å²) < 4.78 is 5.66. The number of hydrogen-bond donors (Lipinski definition) is 0. The Morgan fingerprint density at radius 2 is 1.88 bits per heavy atom. The van der Waals surface area contributed by atoms with Gasteiger partial charge in [-0.1, -0.05) is 12.1 Å². The van der Waals surface area contributed by atoms with E-state index in [1.165, 1.54) is 10.5 Å². The standard InChI is InChI=1S/C20H26N2O2S/c1-15-4-9-18(24-15)13-22(17-7-8-17)20(23)14-21(2)12-16-5-10-19(25-3)11-6-16/h4-6,9-11,17H,7-8,12-14H2,1-3H3. The van der Waals surface area contributed by atoms with Gasteiger partial charge < -0.3 is 9.32 Å². The van der Waals surface area contributed by atoms with Crippen molar-refractivity contribution in [1.82, 2.24) is 9.80 Å². The van der Waals surface area contributed by atoms with E-state index in [2.05, 4.69) is 35.4 Å². The third-order valence-corrected chi connectivity index (χ3v) is 5.19. The molecule has 134 valence electrons. The van der Waals surface area contributed by atoms with Crippen LogP contribution in [0, 0.1) is 6.92 Å². The summed E-state index contributed by atoms with van der Waals surface area (Å²) in [4.78, 5) is 18.1. The van der Waals surface area contributed by atoms with Crippen molar-refractivity contribution in [3.05, 3.63) is 53.5 Å². The van der Waals surface area contributed by atoms with Crippen LogP contribution >= 0.6 is 11.8 Å². The van der Waals surface area contributed by atoms with Gasteiger partial charge in [0, 0.05) is 17.5 Å². The smallest absolute Gasteiger partial charge is 0.237 e. The lowest BCUT2D eigenvalue weighted by molar-refractivity contribution is -0.133. The molecule has 1 amide bonds. The van der Waals surface area contributed by atoms with Crippen LogP contribution < -0.4 is 0 Å². The lowest BCUT2D eigenvalue weighted by Crippen LogP contribution is -2.39. The Morgan fingerprint density at radius 1 is 1.16 bits per heavy atom. The molecule has 1 aliphatic carbocycles. The molecule has 0 N–H and O–H groups in total. The van der Waals surface area contributed by atoms with Gasteiger partial charge in [-0.3, -0.25) is 9.69 Å². The summed E-state index contributed by atoms with van der Waals surface area (Å²) in [5.41, 5.74) is 1.23. The molecule has 0 saturated heterocycles. The van der Waals surface area contributed by atoms with E-state index in [0.29, 0.717) is 19.1 Å². The highest BCUT2D eigenvalue weighted by Gasteiger charge is 2.33. The van der Waals surface area contributed by atoms with Gasteiger partial charge in [-0.25, -0.2) is 0 Å². The predicted octanol–water partition coefficient (Wildman–Crippen LogP) is 3.93. The summed E-state index contributed by atoms with van der Waals surface area (Å²) in [6, 6.07) is 12.8. The number of carbonyl (C=O) groups is 1. The van der Waals surface area contributed by atoms with Crippen molar-refractivity contribution < 1.29 is 9.21 Å². The van der Waals surface area contributed by atoms with Gasteiger partial charge in [0.1, 0.15) is 11.5 Å². The van der Waals surface area contributed by atoms with Gasteiger partial charge in [0.15, 0.2) is 0 Å². The zero-order valence-electron chi connectivity index (χ0n) is 15.2. The highest BCUT2D eigenvalue weighted by atomic mass is 32.2. The molecule has 0 aliphatic heterocycles. The molecule has 5 heteroatoms. The number of likely N-dealkylation sites (N-methyl/N-ethyl adjacent to an activating group) is 1. The first-order chi connectivity index (χ1) is 12.0. The molecule has 0 unspecified atom stereocenters. The third kappa shape index (κ3) is 5.13. The summed E-state index contributed by atoms with van der Waals surface area (Å²) in [6.07, 6.45) is 4.28. The van der Waals surface area contributed by atoms with Gasteiger partial charge >= 0.3 is 0 Å². The highest BCUT2D eigenvalue weighted by molar-refractivity contribution is 7.98. The second kappa shape index (κ2) is 8.11.